The molecular formula is C7H14N2. The summed E-state index contributed by atoms with van der Waals surface area (Å²) in [6.07, 6.45) is 5.84. The smallest absolute Gasteiger partial charge is 0.0600 e. The number of rotatable bonds is 4. The molecule has 0 fully saturated rings. The highest BCUT2D eigenvalue weighted by Gasteiger charge is 1.69. The van der Waals surface area contributed by atoms with E-state index in [1.165, 1.54) is 0 Å². The minimum atomic E-state index is 0.841. The lowest BCUT2D eigenvalue weighted by Crippen LogP contribution is -1.68. The molecule has 0 saturated heterocycles. The number of hydrogen-bond donors (Lipinski definition) is 0. The average Bonchev–Trinajstić information content (AvgIpc) is 1.89. The quantitative estimate of drug-likeness (QED) is 0.517. The molecule has 0 spiro atoms. The van der Waals surface area contributed by atoms with E-state index in [4.69, 9.17) is 0 Å². The predicted octanol–water partition coefficient (Wildman–Crippen LogP) is 2.77. The van der Waals surface area contributed by atoms with Gasteiger partial charge in [-0.2, -0.15) is 10.2 Å². The van der Waals surface area contributed by atoms with Crippen molar-refractivity contribution in [1.29, 1.82) is 0 Å². The molecule has 0 aliphatic heterocycles. The fourth-order valence-corrected chi connectivity index (χ4v) is 0.357. The Bertz CT molecular complexity index is 95.1. The van der Waals surface area contributed by atoms with Crippen LogP contribution < -0.4 is 0 Å². The van der Waals surface area contributed by atoms with Crippen LogP contribution in [0.5, 0.6) is 0 Å². The maximum absolute atomic E-state index is 3.87. The van der Waals surface area contributed by atoms with Gasteiger partial charge in [0.15, 0.2) is 0 Å². The standard InChI is InChI=1S/C7H14N2/c1-3-5-7-9-8-6-4-2/h5,7H,3-4,6H2,1-2H3/b7-5-,9-8?. The zero-order valence-electron chi connectivity index (χ0n) is 6.17. The van der Waals surface area contributed by atoms with E-state index >= 15 is 0 Å². The molecule has 0 aromatic rings. The van der Waals surface area contributed by atoms with E-state index in [1.807, 2.05) is 6.08 Å². The molecule has 0 saturated carbocycles. The number of allylic oxidation sites excluding steroid dienone is 1. The Labute approximate surface area is 56.7 Å². The molecule has 0 atom stereocenters. The Morgan fingerprint density at radius 2 is 2.11 bits per heavy atom. The average molecular weight is 126 g/mol. The second-order valence-electron chi connectivity index (χ2n) is 1.77. The molecule has 9 heavy (non-hydrogen) atoms. The highest BCUT2D eigenvalue weighted by Crippen LogP contribution is 1.84. The fraction of sp³-hybridized carbons (Fsp3) is 0.714. The van der Waals surface area contributed by atoms with E-state index in [-0.39, 0.29) is 0 Å². The minimum absolute atomic E-state index is 0.841. The molecule has 0 aromatic carbocycles. The molecule has 0 radical (unpaired) electrons. The number of hydrogen-bond acceptors (Lipinski definition) is 2. The molecule has 0 aromatic heterocycles. The van der Waals surface area contributed by atoms with Gasteiger partial charge in [0.1, 0.15) is 0 Å². The lowest BCUT2D eigenvalue weighted by atomic mass is 10.5. The number of azo groups is 1. The van der Waals surface area contributed by atoms with E-state index in [2.05, 4.69) is 24.1 Å². The number of nitrogens with zero attached hydrogens (tertiary/aromatic N) is 2. The Kier molecular flexibility index (Phi) is 6.80. The third-order valence-corrected chi connectivity index (χ3v) is 0.813. The van der Waals surface area contributed by atoms with Crippen LogP contribution in [0.3, 0.4) is 0 Å². The molecule has 0 unspecified atom stereocenters. The van der Waals surface area contributed by atoms with Gasteiger partial charge in [0.2, 0.25) is 0 Å². The molecular weight excluding hydrogens is 112 g/mol. The molecule has 2 nitrogen and oxygen atoms in total. The van der Waals surface area contributed by atoms with Crippen LogP contribution in [0.2, 0.25) is 0 Å². The van der Waals surface area contributed by atoms with Gasteiger partial charge in [0, 0.05) is 6.20 Å². The second kappa shape index (κ2) is 7.34. The van der Waals surface area contributed by atoms with Crippen molar-refractivity contribution in [2.45, 2.75) is 26.7 Å². The van der Waals surface area contributed by atoms with Gasteiger partial charge in [-0.3, -0.25) is 0 Å². The summed E-state index contributed by atoms with van der Waals surface area (Å²) in [6.45, 7) is 5.00. The van der Waals surface area contributed by atoms with Crippen LogP contribution in [0, 0.1) is 0 Å². The predicted molar refractivity (Wildman–Crippen MR) is 39.4 cm³/mol. The van der Waals surface area contributed by atoms with Gasteiger partial charge in [-0.1, -0.05) is 19.9 Å². The van der Waals surface area contributed by atoms with Crippen molar-refractivity contribution >= 4 is 0 Å². The first-order chi connectivity index (χ1) is 4.41. The molecule has 0 aliphatic rings. The van der Waals surface area contributed by atoms with Gasteiger partial charge in [0.05, 0.1) is 6.54 Å². The molecule has 0 amide bonds. The Balaban J connectivity index is 3.13. The van der Waals surface area contributed by atoms with Crippen LogP contribution in [0.25, 0.3) is 0 Å². The highest BCUT2D eigenvalue weighted by molar-refractivity contribution is 4.75. The summed E-state index contributed by atoms with van der Waals surface area (Å²) in [5, 5.41) is 7.66. The Morgan fingerprint density at radius 1 is 1.33 bits per heavy atom. The molecule has 0 rings (SSSR count). The van der Waals surface area contributed by atoms with E-state index in [0.29, 0.717) is 0 Å². The highest BCUT2D eigenvalue weighted by atomic mass is 15.1. The van der Waals surface area contributed by atoms with Gasteiger partial charge in [-0.25, -0.2) is 0 Å². The van der Waals surface area contributed by atoms with Crippen LogP contribution >= 0.6 is 0 Å². The van der Waals surface area contributed by atoms with Crippen LogP contribution in [0.1, 0.15) is 26.7 Å². The summed E-state index contributed by atoms with van der Waals surface area (Å²) in [4.78, 5) is 0. The van der Waals surface area contributed by atoms with Crippen molar-refractivity contribution in [1.82, 2.24) is 0 Å². The summed E-state index contributed by atoms with van der Waals surface area (Å²) in [5.74, 6) is 0. The van der Waals surface area contributed by atoms with Crippen LogP contribution in [-0.4, -0.2) is 6.54 Å². The van der Waals surface area contributed by atoms with Gasteiger partial charge in [-0.05, 0) is 12.8 Å². The minimum Gasteiger partial charge on any atom is -0.189 e. The van der Waals surface area contributed by atoms with Crippen molar-refractivity contribution < 1.29 is 0 Å². The zero-order valence-corrected chi connectivity index (χ0v) is 6.17. The molecule has 0 aliphatic carbocycles. The SMILES string of the molecule is CC/C=C\N=NCCC. The van der Waals surface area contributed by atoms with Gasteiger partial charge >= 0.3 is 0 Å². The third-order valence-electron chi connectivity index (χ3n) is 0.813. The fourth-order valence-electron chi connectivity index (χ4n) is 0.357. The van der Waals surface area contributed by atoms with Crippen molar-refractivity contribution in [3.63, 3.8) is 0 Å². The third kappa shape index (κ3) is 7.34. The first-order valence-electron chi connectivity index (χ1n) is 3.43. The van der Waals surface area contributed by atoms with Gasteiger partial charge in [-0.15, -0.1) is 0 Å². The summed E-state index contributed by atoms with van der Waals surface area (Å²) in [5.41, 5.74) is 0. The first kappa shape index (κ1) is 8.34. The van der Waals surface area contributed by atoms with Crippen LogP contribution in [-0.2, 0) is 0 Å². The Morgan fingerprint density at radius 3 is 2.67 bits per heavy atom. The topological polar surface area (TPSA) is 24.7 Å². The maximum Gasteiger partial charge on any atom is 0.0600 e. The largest absolute Gasteiger partial charge is 0.189 e. The molecule has 0 bridgehead atoms. The van der Waals surface area contributed by atoms with E-state index in [9.17, 15) is 0 Å². The van der Waals surface area contributed by atoms with E-state index < -0.39 is 0 Å². The first-order valence-corrected chi connectivity index (χ1v) is 3.43. The molecule has 0 heterocycles. The van der Waals surface area contributed by atoms with Crippen molar-refractivity contribution in [3.8, 4) is 0 Å². The van der Waals surface area contributed by atoms with E-state index in [1.54, 1.807) is 6.20 Å². The molecule has 2 heteroatoms. The van der Waals surface area contributed by atoms with Gasteiger partial charge < -0.3 is 0 Å². The monoisotopic (exact) mass is 126 g/mol. The van der Waals surface area contributed by atoms with Crippen molar-refractivity contribution in [2.24, 2.45) is 10.2 Å². The lowest BCUT2D eigenvalue weighted by molar-refractivity contribution is 0.873. The van der Waals surface area contributed by atoms with Crippen molar-refractivity contribution in [2.75, 3.05) is 6.54 Å². The van der Waals surface area contributed by atoms with Gasteiger partial charge in [0.25, 0.3) is 0 Å². The maximum atomic E-state index is 3.87. The normalized spacial score (nSPS) is 11.8. The van der Waals surface area contributed by atoms with Crippen molar-refractivity contribution in [3.05, 3.63) is 12.3 Å². The Hall–Kier alpha value is -0.660. The zero-order chi connectivity index (χ0) is 6.95. The summed E-state index contributed by atoms with van der Waals surface area (Å²) in [6, 6.07) is 0. The molecule has 0 N–H and O–H groups in total. The second-order valence-corrected chi connectivity index (χ2v) is 1.77. The summed E-state index contributed by atoms with van der Waals surface area (Å²) >= 11 is 0. The lowest BCUT2D eigenvalue weighted by Gasteiger charge is -1.79. The van der Waals surface area contributed by atoms with Crippen LogP contribution in [0.15, 0.2) is 22.5 Å². The summed E-state index contributed by atoms with van der Waals surface area (Å²) < 4.78 is 0. The molecule has 52 valence electrons. The van der Waals surface area contributed by atoms with E-state index in [0.717, 1.165) is 19.4 Å². The van der Waals surface area contributed by atoms with Crippen LogP contribution in [0.4, 0.5) is 0 Å². The summed E-state index contributed by atoms with van der Waals surface area (Å²) in [7, 11) is 0.